The van der Waals surface area contributed by atoms with Gasteiger partial charge in [-0.1, -0.05) is 36.4 Å². The summed E-state index contributed by atoms with van der Waals surface area (Å²) in [4.78, 5) is 27.8. The molecule has 0 aliphatic heterocycles. The molecule has 0 bridgehead atoms. The predicted octanol–water partition coefficient (Wildman–Crippen LogP) is 1.69. The van der Waals surface area contributed by atoms with E-state index < -0.39 is 11.8 Å². The van der Waals surface area contributed by atoms with Crippen molar-refractivity contribution in [1.29, 1.82) is 0 Å². The fraction of sp³-hybridized carbons (Fsp3) is 0. The molecule has 0 atom stereocenters. The highest BCUT2D eigenvalue weighted by Gasteiger charge is 2.07. The van der Waals surface area contributed by atoms with Crippen LogP contribution in [0.2, 0.25) is 0 Å². The summed E-state index contributed by atoms with van der Waals surface area (Å²) in [5, 5.41) is 0. The fourth-order valence-corrected chi connectivity index (χ4v) is 1.42. The molecule has 96 valence electrons. The quantitative estimate of drug-likeness (QED) is 0.818. The number of rotatable bonds is 4. The van der Waals surface area contributed by atoms with E-state index in [9.17, 15) is 9.59 Å². The van der Waals surface area contributed by atoms with Crippen molar-refractivity contribution in [1.82, 2.24) is 11.0 Å². The summed E-state index contributed by atoms with van der Waals surface area (Å²) in [5.41, 5.74) is 5.14. The summed E-state index contributed by atoms with van der Waals surface area (Å²) in [5.74, 6) is -0.872. The van der Waals surface area contributed by atoms with Gasteiger partial charge in [0.25, 0.3) is 11.8 Å². The van der Waals surface area contributed by atoms with E-state index in [2.05, 4.69) is 15.9 Å². The van der Waals surface area contributed by atoms with Gasteiger partial charge in [-0.2, -0.15) is 4.94 Å². The van der Waals surface area contributed by atoms with Crippen LogP contribution in [0, 0.1) is 0 Å². The van der Waals surface area contributed by atoms with Crippen LogP contribution >= 0.6 is 0 Å². The Morgan fingerprint density at radius 2 is 1.05 bits per heavy atom. The van der Waals surface area contributed by atoms with Gasteiger partial charge in [-0.3, -0.25) is 9.59 Å². The Morgan fingerprint density at radius 3 is 1.42 bits per heavy atom. The number of hydroxylamine groups is 2. The molecule has 0 aromatic heterocycles. The Balaban J connectivity index is 1.81. The molecule has 0 aliphatic carbocycles. The molecule has 0 spiro atoms. The maximum absolute atomic E-state index is 11.6. The highest BCUT2D eigenvalue weighted by atomic mass is 16.8. The van der Waals surface area contributed by atoms with Crippen molar-refractivity contribution in [3.63, 3.8) is 0 Å². The first-order valence-electron chi connectivity index (χ1n) is 5.64. The van der Waals surface area contributed by atoms with Gasteiger partial charge in [-0.05, 0) is 24.3 Å². The van der Waals surface area contributed by atoms with E-state index in [1.54, 1.807) is 60.7 Å². The molecule has 0 saturated carbocycles. The minimum atomic E-state index is -0.436. The standard InChI is InChI=1S/C14H12N2O3/c17-13(11-7-3-1-4-8-11)15-19-16-14(18)12-9-5-2-6-10-12/h1-10H,(H,15,17)(H,16,18). The van der Waals surface area contributed by atoms with Crippen molar-refractivity contribution in [3.8, 4) is 0 Å². The zero-order valence-corrected chi connectivity index (χ0v) is 10.00. The van der Waals surface area contributed by atoms with Crippen molar-refractivity contribution in [2.75, 3.05) is 0 Å². The molecule has 2 aromatic carbocycles. The Bertz CT molecular complexity index is 504. The molecule has 0 radical (unpaired) electrons. The lowest BCUT2D eigenvalue weighted by atomic mass is 10.2. The van der Waals surface area contributed by atoms with Crippen molar-refractivity contribution < 1.29 is 14.5 Å². The summed E-state index contributed by atoms with van der Waals surface area (Å²) in [6.07, 6.45) is 0. The smallest absolute Gasteiger partial charge is 0.267 e. The molecule has 0 unspecified atom stereocenters. The molecular weight excluding hydrogens is 244 g/mol. The molecule has 0 aliphatic rings. The molecular formula is C14H12N2O3. The van der Waals surface area contributed by atoms with E-state index in [0.29, 0.717) is 11.1 Å². The highest BCUT2D eigenvalue weighted by molar-refractivity contribution is 5.94. The fourth-order valence-electron chi connectivity index (χ4n) is 1.42. The van der Waals surface area contributed by atoms with Crippen LogP contribution < -0.4 is 11.0 Å². The van der Waals surface area contributed by atoms with Crippen LogP contribution in [0.1, 0.15) is 20.7 Å². The number of carbonyl (C=O) groups is 2. The molecule has 5 heteroatoms. The third-order valence-electron chi connectivity index (χ3n) is 2.36. The van der Waals surface area contributed by atoms with Gasteiger partial charge in [0, 0.05) is 11.1 Å². The van der Waals surface area contributed by atoms with E-state index in [0.717, 1.165) is 0 Å². The summed E-state index contributed by atoms with van der Waals surface area (Å²) >= 11 is 0. The van der Waals surface area contributed by atoms with Crippen LogP contribution in [0.3, 0.4) is 0 Å². The van der Waals surface area contributed by atoms with Crippen LogP contribution in [-0.4, -0.2) is 11.8 Å². The molecule has 19 heavy (non-hydrogen) atoms. The van der Waals surface area contributed by atoms with Gasteiger partial charge in [-0.15, -0.1) is 0 Å². The molecule has 2 N–H and O–H groups in total. The Labute approximate surface area is 110 Å². The average Bonchev–Trinajstić information content (AvgIpc) is 2.49. The third kappa shape index (κ3) is 3.65. The van der Waals surface area contributed by atoms with Gasteiger partial charge >= 0.3 is 0 Å². The first kappa shape index (κ1) is 12.8. The second-order valence-corrected chi connectivity index (χ2v) is 3.70. The number of benzene rings is 2. The van der Waals surface area contributed by atoms with E-state index in [-0.39, 0.29) is 0 Å². The van der Waals surface area contributed by atoms with Crippen molar-refractivity contribution >= 4 is 11.8 Å². The Morgan fingerprint density at radius 1 is 0.684 bits per heavy atom. The Kier molecular flexibility index (Phi) is 4.25. The second kappa shape index (κ2) is 6.32. The Hall–Kier alpha value is -2.66. The van der Waals surface area contributed by atoms with E-state index >= 15 is 0 Å². The maximum atomic E-state index is 11.6. The highest BCUT2D eigenvalue weighted by Crippen LogP contribution is 1.98. The number of hydrogen-bond donors (Lipinski definition) is 2. The zero-order valence-electron chi connectivity index (χ0n) is 10.00. The second-order valence-electron chi connectivity index (χ2n) is 3.70. The lowest BCUT2D eigenvalue weighted by molar-refractivity contribution is -0.0184. The largest absolute Gasteiger partial charge is 0.276 e. The number of nitrogens with one attached hydrogen (secondary N) is 2. The van der Waals surface area contributed by atoms with Gasteiger partial charge in [0.1, 0.15) is 0 Å². The lowest BCUT2D eigenvalue weighted by Crippen LogP contribution is -2.34. The first-order chi connectivity index (χ1) is 9.27. The molecule has 0 heterocycles. The van der Waals surface area contributed by atoms with Gasteiger partial charge in [0.15, 0.2) is 0 Å². The van der Waals surface area contributed by atoms with Gasteiger partial charge in [0.05, 0.1) is 0 Å². The average molecular weight is 256 g/mol. The van der Waals surface area contributed by atoms with Crippen molar-refractivity contribution in [3.05, 3.63) is 71.8 Å². The molecule has 2 rings (SSSR count). The van der Waals surface area contributed by atoms with E-state index in [1.165, 1.54) is 0 Å². The van der Waals surface area contributed by atoms with E-state index in [4.69, 9.17) is 0 Å². The third-order valence-corrected chi connectivity index (χ3v) is 2.36. The topological polar surface area (TPSA) is 67.4 Å². The lowest BCUT2D eigenvalue weighted by Gasteiger charge is -2.06. The van der Waals surface area contributed by atoms with Crippen LogP contribution in [0.5, 0.6) is 0 Å². The summed E-state index contributed by atoms with van der Waals surface area (Å²) in [7, 11) is 0. The zero-order chi connectivity index (χ0) is 13.5. The maximum Gasteiger partial charge on any atom is 0.276 e. The van der Waals surface area contributed by atoms with Gasteiger partial charge in [-0.25, -0.2) is 11.0 Å². The number of carbonyl (C=O) groups excluding carboxylic acids is 2. The van der Waals surface area contributed by atoms with Gasteiger partial charge in [0.2, 0.25) is 0 Å². The molecule has 0 fully saturated rings. The molecule has 2 aromatic rings. The van der Waals surface area contributed by atoms with Gasteiger partial charge < -0.3 is 0 Å². The summed E-state index contributed by atoms with van der Waals surface area (Å²) in [6, 6.07) is 17.1. The van der Waals surface area contributed by atoms with Crippen LogP contribution in [0.15, 0.2) is 60.7 Å². The summed E-state index contributed by atoms with van der Waals surface area (Å²) < 4.78 is 0. The van der Waals surface area contributed by atoms with Crippen LogP contribution in [0.25, 0.3) is 0 Å². The minimum absolute atomic E-state index is 0.436. The SMILES string of the molecule is O=C(NONC(=O)c1ccccc1)c1ccccc1. The number of hydrogen-bond acceptors (Lipinski definition) is 3. The number of amides is 2. The molecule has 0 saturated heterocycles. The van der Waals surface area contributed by atoms with Crippen LogP contribution in [-0.2, 0) is 4.94 Å². The predicted molar refractivity (Wildman–Crippen MR) is 68.9 cm³/mol. The van der Waals surface area contributed by atoms with Crippen molar-refractivity contribution in [2.45, 2.75) is 0 Å². The molecule has 5 nitrogen and oxygen atoms in total. The normalized spacial score (nSPS) is 9.68. The van der Waals surface area contributed by atoms with Crippen LogP contribution in [0.4, 0.5) is 0 Å². The monoisotopic (exact) mass is 256 g/mol. The first-order valence-corrected chi connectivity index (χ1v) is 5.64. The summed E-state index contributed by atoms with van der Waals surface area (Å²) in [6.45, 7) is 0. The van der Waals surface area contributed by atoms with Crippen molar-refractivity contribution in [2.24, 2.45) is 0 Å². The molecule has 2 amide bonds. The van der Waals surface area contributed by atoms with E-state index in [1.807, 2.05) is 0 Å². The minimum Gasteiger partial charge on any atom is -0.267 e.